The highest BCUT2D eigenvalue weighted by molar-refractivity contribution is 5.74. The lowest BCUT2D eigenvalue weighted by Crippen LogP contribution is -2.34. The molecule has 0 heterocycles. The molecule has 2 atom stereocenters. The maximum atomic E-state index is 12.9. The summed E-state index contributed by atoms with van der Waals surface area (Å²) in [6.45, 7) is 0. The highest BCUT2D eigenvalue weighted by atomic mass is 19.4. The van der Waals surface area contributed by atoms with Gasteiger partial charge in [0, 0.05) is 6.04 Å². The smallest absolute Gasteiger partial charge is 0.416 e. The van der Waals surface area contributed by atoms with Gasteiger partial charge in [-0.05, 0) is 30.0 Å². The third kappa shape index (κ3) is 2.45. The summed E-state index contributed by atoms with van der Waals surface area (Å²) < 4.78 is 43.3. The number of hydrogen-bond donors (Lipinski definition) is 1. The summed E-state index contributed by atoms with van der Waals surface area (Å²) in [4.78, 5) is 11.5. The molecular formula is C13H14F3NO2. The molecule has 0 bridgehead atoms. The summed E-state index contributed by atoms with van der Waals surface area (Å²) in [5.74, 6) is -1.06. The number of esters is 1. The Morgan fingerprint density at radius 1 is 1.42 bits per heavy atom. The van der Waals surface area contributed by atoms with Gasteiger partial charge in [-0.3, -0.25) is 4.79 Å². The first kappa shape index (κ1) is 13.9. The Labute approximate surface area is 108 Å². The van der Waals surface area contributed by atoms with E-state index in [2.05, 4.69) is 4.74 Å². The molecule has 2 unspecified atom stereocenters. The van der Waals surface area contributed by atoms with Crippen LogP contribution in [-0.2, 0) is 22.1 Å². The fourth-order valence-corrected chi connectivity index (χ4v) is 2.57. The number of fused-ring (bicyclic) bond motifs is 1. The first-order valence-corrected chi connectivity index (χ1v) is 5.88. The van der Waals surface area contributed by atoms with Gasteiger partial charge < -0.3 is 10.5 Å². The molecule has 2 rings (SSSR count). The molecule has 19 heavy (non-hydrogen) atoms. The number of rotatable bonds is 1. The minimum atomic E-state index is -4.40. The maximum absolute atomic E-state index is 12.9. The minimum Gasteiger partial charge on any atom is -0.469 e. The number of halogens is 3. The molecule has 104 valence electrons. The summed E-state index contributed by atoms with van der Waals surface area (Å²) in [6.07, 6.45) is -3.95. The van der Waals surface area contributed by atoms with Gasteiger partial charge in [0.25, 0.3) is 0 Å². The Kier molecular flexibility index (Phi) is 3.54. The first-order valence-electron chi connectivity index (χ1n) is 5.88. The lowest BCUT2D eigenvalue weighted by Gasteiger charge is -2.30. The average molecular weight is 273 g/mol. The molecule has 1 aromatic rings. The summed E-state index contributed by atoms with van der Waals surface area (Å²) in [5, 5.41) is 0. The van der Waals surface area contributed by atoms with E-state index in [1.807, 2.05) is 0 Å². The molecule has 0 aromatic heterocycles. The van der Waals surface area contributed by atoms with E-state index < -0.39 is 29.7 Å². The van der Waals surface area contributed by atoms with Crippen LogP contribution in [0.4, 0.5) is 13.2 Å². The van der Waals surface area contributed by atoms with Crippen molar-refractivity contribution < 1.29 is 22.7 Å². The highest BCUT2D eigenvalue weighted by Crippen LogP contribution is 2.40. The van der Waals surface area contributed by atoms with Crippen molar-refractivity contribution >= 4 is 5.97 Å². The molecule has 0 aliphatic heterocycles. The number of alkyl halides is 3. The van der Waals surface area contributed by atoms with Crippen molar-refractivity contribution in [3.05, 3.63) is 34.9 Å². The van der Waals surface area contributed by atoms with Crippen molar-refractivity contribution in [3.63, 3.8) is 0 Å². The highest BCUT2D eigenvalue weighted by Gasteiger charge is 2.39. The molecule has 3 nitrogen and oxygen atoms in total. The second kappa shape index (κ2) is 4.85. The van der Waals surface area contributed by atoms with E-state index in [1.165, 1.54) is 13.2 Å². The fraction of sp³-hybridized carbons (Fsp3) is 0.462. The summed E-state index contributed by atoms with van der Waals surface area (Å²) in [5.41, 5.74) is 5.83. The van der Waals surface area contributed by atoms with Crippen LogP contribution in [0.15, 0.2) is 18.2 Å². The standard InChI is InChI=1S/C13H14F3NO2/c1-19-12(18)9-6-5-7-8(11(9)17)3-2-4-10(7)13(14,15)16/h2-4,9,11H,5-6,17H2,1H3. The summed E-state index contributed by atoms with van der Waals surface area (Å²) in [6, 6.07) is 3.16. The van der Waals surface area contributed by atoms with E-state index >= 15 is 0 Å². The van der Waals surface area contributed by atoms with Crippen LogP contribution >= 0.6 is 0 Å². The molecule has 1 aliphatic rings. The van der Waals surface area contributed by atoms with Gasteiger partial charge in [-0.2, -0.15) is 13.2 Å². The van der Waals surface area contributed by atoms with E-state index in [9.17, 15) is 18.0 Å². The third-order valence-corrected chi connectivity index (χ3v) is 3.52. The Bertz CT molecular complexity index is 499. The number of carbonyl (C=O) groups is 1. The predicted molar refractivity (Wildman–Crippen MR) is 62.2 cm³/mol. The van der Waals surface area contributed by atoms with Gasteiger partial charge in [0.2, 0.25) is 0 Å². The molecule has 0 amide bonds. The Morgan fingerprint density at radius 3 is 2.68 bits per heavy atom. The lowest BCUT2D eigenvalue weighted by atomic mass is 9.78. The van der Waals surface area contributed by atoms with Gasteiger partial charge in [-0.15, -0.1) is 0 Å². The van der Waals surface area contributed by atoms with Crippen LogP contribution in [0.5, 0.6) is 0 Å². The Morgan fingerprint density at radius 2 is 2.11 bits per heavy atom. The third-order valence-electron chi connectivity index (χ3n) is 3.52. The molecule has 0 fully saturated rings. The van der Waals surface area contributed by atoms with E-state index in [0.29, 0.717) is 5.56 Å². The molecule has 0 spiro atoms. The maximum Gasteiger partial charge on any atom is 0.416 e. The van der Waals surface area contributed by atoms with Crippen molar-refractivity contribution in [3.8, 4) is 0 Å². The quantitative estimate of drug-likeness (QED) is 0.800. The molecule has 0 saturated heterocycles. The molecule has 2 N–H and O–H groups in total. The number of carbonyl (C=O) groups excluding carboxylic acids is 1. The second-order valence-corrected chi connectivity index (χ2v) is 4.57. The Hall–Kier alpha value is -1.56. The topological polar surface area (TPSA) is 52.3 Å². The monoisotopic (exact) mass is 273 g/mol. The van der Waals surface area contributed by atoms with E-state index in [0.717, 1.165) is 6.07 Å². The van der Waals surface area contributed by atoms with Gasteiger partial charge in [-0.1, -0.05) is 12.1 Å². The molecular weight excluding hydrogens is 259 g/mol. The largest absolute Gasteiger partial charge is 0.469 e. The van der Waals surface area contributed by atoms with Crippen molar-refractivity contribution in [1.29, 1.82) is 0 Å². The number of hydrogen-bond acceptors (Lipinski definition) is 3. The zero-order valence-corrected chi connectivity index (χ0v) is 10.3. The van der Waals surface area contributed by atoms with Gasteiger partial charge in [0.15, 0.2) is 0 Å². The molecule has 0 saturated carbocycles. The van der Waals surface area contributed by atoms with Crippen LogP contribution in [-0.4, -0.2) is 13.1 Å². The van der Waals surface area contributed by atoms with Crippen molar-refractivity contribution in [2.75, 3.05) is 7.11 Å². The molecule has 1 aliphatic carbocycles. The summed E-state index contributed by atoms with van der Waals surface area (Å²) in [7, 11) is 1.25. The molecule has 1 aromatic carbocycles. The van der Waals surface area contributed by atoms with Crippen LogP contribution in [0.25, 0.3) is 0 Å². The van der Waals surface area contributed by atoms with Gasteiger partial charge in [0.1, 0.15) is 0 Å². The fourth-order valence-electron chi connectivity index (χ4n) is 2.57. The van der Waals surface area contributed by atoms with Crippen LogP contribution in [0.1, 0.15) is 29.2 Å². The SMILES string of the molecule is COC(=O)C1CCc2c(cccc2C(F)(F)F)C1N. The van der Waals surface area contributed by atoms with Crippen LogP contribution in [0.2, 0.25) is 0 Å². The summed E-state index contributed by atoms with van der Waals surface area (Å²) >= 11 is 0. The van der Waals surface area contributed by atoms with Crippen molar-refractivity contribution in [2.24, 2.45) is 11.7 Å². The second-order valence-electron chi connectivity index (χ2n) is 4.57. The zero-order valence-electron chi connectivity index (χ0n) is 10.3. The number of nitrogens with two attached hydrogens (primary N) is 1. The van der Waals surface area contributed by atoms with Gasteiger partial charge >= 0.3 is 12.1 Å². The molecule has 6 heteroatoms. The van der Waals surface area contributed by atoms with Gasteiger partial charge in [0.05, 0.1) is 18.6 Å². The van der Waals surface area contributed by atoms with Crippen molar-refractivity contribution in [2.45, 2.75) is 25.1 Å². The lowest BCUT2D eigenvalue weighted by molar-refractivity contribution is -0.146. The number of methoxy groups -OCH3 is 1. The van der Waals surface area contributed by atoms with Crippen LogP contribution < -0.4 is 5.73 Å². The van der Waals surface area contributed by atoms with Crippen LogP contribution in [0.3, 0.4) is 0 Å². The minimum absolute atomic E-state index is 0.179. The van der Waals surface area contributed by atoms with Crippen molar-refractivity contribution in [1.82, 2.24) is 0 Å². The Balaban J connectivity index is 2.44. The normalized spacial score (nSPS) is 22.8. The van der Waals surface area contributed by atoms with E-state index in [-0.39, 0.29) is 18.4 Å². The first-order chi connectivity index (χ1) is 8.86. The van der Waals surface area contributed by atoms with Crippen LogP contribution in [0, 0.1) is 5.92 Å². The zero-order chi connectivity index (χ0) is 14.2. The number of benzene rings is 1. The van der Waals surface area contributed by atoms with E-state index in [1.54, 1.807) is 6.07 Å². The average Bonchev–Trinajstić information content (AvgIpc) is 2.37. The molecule has 0 radical (unpaired) electrons. The number of ether oxygens (including phenoxy) is 1. The predicted octanol–water partition coefficient (Wildman–Crippen LogP) is 2.44. The van der Waals surface area contributed by atoms with E-state index in [4.69, 9.17) is 5.73 Å². The van der Waals surface area contributed by atoms with Gasteiger partial charge in [-0.25, -0.2) is 0 Å².